The van der Waals surface area contributed by atoms with Gasteiger partial charge in [-0.25, -0.2) is 14.7 Å². The lowest BCUT2D eigenvalue weighted by Gasteiger charge is -2.29. The lowest BCUT2D eigenvalue weighted by Crippen LogP contribution is -2.39. The Labute approximate surface area is 188 Å². The van der Waals surface area contributed by atoms with Crippen LogP contribution in [0.15, 0.2) is 42.6 Å². The van der Waals surface area contributed by atoms with Crippen molar-refractivity contribution in [2.75, 3.05) is 27.8 Å². The molecule has 1 aliphatic carbocycles. The molecule has 2 atom stereocenters. The fraction of sp³-hybridized carbons (Fsp3) is 0.435. The zero-order valence-electron chi connectivity index (χ0n) is 18.0. The van der Waals surface area contributed by atoms with Crippen molar-refractivity contribution in [2.45, 2.75) is 44.5 Å². The number of hydrogen-bond donors (Lipinski definition) is 0. The molecule has 3 heterocycles. The number of halogens is 3. The van der Waals surface area contributed by atoms with Gasteiger partial charge in [0, 0.05) is 25.4 Å². The van der Waals surface area contributed by atoms with Crippen molar-refractivity contribution in [1.29, 1.82) is 0 Å². The number of aromatic nitrogens is 1. The average molecular weight is 460 g/mol. The van der Waals surface area contributed by atoms with Crippen LogP contribution >= 0.6 is 0 Å². The Kier molecular flexibility index (Phi) is 4.98. The summed E-state index contributed by atoms with van der Waals surface area (Å²) < 4.78 is 41.3. The number of anilines is 3. The van der Waals surface area contributed by atoms with Gasteiger partial charge in [-0.1, -0.05) is 6.92 Å². The van der Waals surface area contributed by atoms with Crippen molar-refractivity contribution in [2.24, 2.45) is 5.92 Å². The van der Waals surface area contributed by atoms with E-state index in [1.807, 2.05) is 13.0 Å². The zero-order valence-corrected chi connectivity index (χ0v) is 18.0. The molecule has 2 aromatic rings. The van der Waals surface area contributed by atoms with Crippen molar-refractivity contribution in [3.63, 3.8) is 0 Å². The minimum Gasteiger partial charge on any atom is -0.406 e. The fourth-order valence-electron chi connectivity index (χ4n) is 4.87. The number of hydrogen-bond acceptors (Lipinski definition) is 5. The number of piperidine rings is 1. The van der Waals surface area contributed by atoms with E-state index >= 15 is 0 Å². The van der Waals surface area contributed by atoms with Gasteiger partial charge in [-0.2, -0.15) is 0 Å². The van der Waals surface area contributed by atoms with Crippen molar-refractivity contribution >= 4 is 29.1 Å². The Morgan fingerprint density at radius 1 is 1.03 bits per heavy atom. The molecular weight excluding hydrogens is 437 g/mol. The third kappa shape index (κ3) is 3.67. The van der Waals surface area contributed by atoms with E-state index in [0.717, 1.165) is 48.8 Å². The minimum atomic E-state index is -4.82. The van der Waals surface area contributed by atoms with Crippen LogP contribution in [-0.4, -0.2) is 41.9 Å². The van der Waals surface area contributed by atoms with E-state index in [1.165, 1.54) is 23.5 Å². The van der Waals surface area contributed by atoms with Gasteiger partial charge in [-0.3, -0.25) is 9.69 Å². The summed E-state index contributed by atoms with van der Waals surface area (Å²) in [5.41, 5.74) is -0.197. The number of carbonyl (C=O) groups is 2. The monoisotopic (exact) mass is 460 g/mol. The highest BCUT2D eigenvalue weighted by Gasteiger charge is 2.70. The number of ether oxygens (including phenoxy) is 1. The summed E-state index contributed by atoms with van der Waals surface area (Å²) >= 11 is 0. The molecule has 0 N–H and O–H groups in total. The molecule has 3 aliphatic rings. The van der Waals surface area contributed by atoms with Crippen LogP contribution < -0.4 is 19.4 Å². The maximum Gasteiger partial charge on any atom is 0.573 e. The maximum absolute atomic E-state index is 13.5. The molecule has 1 aromatic heterocycles. The molecule has 33 heavy (non-hydrogen) atoms. The molecule has 5 rings (SSSR count). The first-order valence-electron chi connectivity index (χ1n) is 11.0. The summed E-state index contributed by atoms with van der Waals surface area (Å²) in [6.07, 6.45) is 0.677. The second kappa shape index (κ2) is 7.64. The normalized spacial score (nSPS) is 25.2. The molecule has 1 spiro atoms. The Bertz CT molecular complexity index is 1090. The van der Waals surface area contributed by atoms with Crippen molar-refractivity contribution < 1.29 is 27.5 Å². The second-order valence-electron chi connectivity index (χ2n) is 8.75. The van der Waals surface area contributed by atoms with E-state index in [-0.39, 0.29) is 17.5 Å². The number of benzene rings is 1. The molecule has 2 unspecified atom stereocenters. The van der Waals surface area contributed by atoms with Gasteiger partial charge in [0.2, 0.25) is 0 Å². The van der Waals surface area contributed by atoms with Crippen LogP contribution in [0.25, 0.3) is 0 Å². The Morgan fingerprint density at radius 2 is 1.70 bits per heavy atom. The molecule has 2 saturated heterocycles. The van der Waals surface area contributed by atoms with E-state index in [0.29, 0.717) is 12.1 Å². The van der Waals surface area contributed by atoms with Crippen LogP contribution in [0, 0.1) is 5.92 Å². The first kappa shape index (κ1) is 21.5. The van der Waals surface area contributed by atoms with Gasteiger partial charge in [0.15, 0.2) is 0 Å². The molecule has 1 aromatic carbocycles. The molecule has 1 saturated carbocycles. The first-order valence-corrected chi connectivity index (χ1v) is 11.0. The Morgan fingerprint density at radius 3 is 2.30 bits per heavy atom. The van der Waals surface area contributed by atoms with Crippen molar-refractivity contribution in [3.05, 3.63) is 42.6 Å². The Balaban J connectivity index is 1.46. The number of alkyl halides is 3. The molecule has 0 bridgehead atoms. The molecule has 7 nitrogen and oxygen atoms in total. The number of pyridine rings is 1. The fourth-order valence-corrected chi connectivity index (χ4v) is 4.87. The van der Waals surface area contributed by atoms with Crippen molar-refractivity contribution in [3.8, 4) is 5.75 Å². The summed E-state index contributed by atoms with van der Waals surface area (Å²) in [4.78, 5) is 36.1. The van der Waals surface area contributed by atoms with E-state index in [9.17, 15) is 22.8 Å². The summed E-state index contributed by atoms with van der Waals surface area (Å²) in [6.45, 7) is 3.70. The molecule has 174 valence electrons. The van der Waals surface area contributed by atoms with Crippen LogP contribution in [0.5, 0.6) is 5.75 Å². The summed E-state index contributed by atoms with van der Waals surface area (Å²) in [5, 5.41) is 0. The van der Waals surface area contributed by atoms with E-state index in [4.69, 9.17) is 0 Å². The topological polar surface area (TPSA) is 66.0 Å². The number of rotatable bonds is 4. The number of imide groups is 1. The van der Waals surface area contributed by atoms with Crippen molar-refractivity contribution in [1.82, 2.24) is 4.98 Å². The lowest BCUT2D eigenvalue weighted by molar-refractivity contribution is -0.274. The van der Waals surface area contributed by atoms with Gasteiger partial charge in [0.1, 0.15) is 17.1 Å². The van der Waals surface area contributed by atoms with Crippen LogP contribution in [0.2, 0.25) is 0 Å². The number of nitrogens with zero attached hydrogens (tertiary/aromatic N) is 4. The van der Waals surface area contributed by atoms with Crippen LogP contribution in [-0.2, 0) is 4.79 Å². The van der Waals surface area contributed by atoms with Gasteiger partial charge >= 0.3 is 12.4 Å². The second-order valence-corrected chi connectivity index (χ2v) is 8.75. The van der Waals surface area contributed by atoms with Gasteiger partial charge in [0.05, 0.1) is 11.4 Å². The van der Waals surface area contributed by atoms with Crippen LogP contribution in [0.3, 0.4) is 0 Å². The number of carbonyl (C=O) groups excluding carboxylic acids is 2. The third-order valence-corrected chi connectivity index (χ3v) is 6.62. The molecular formula is C23H23F3N4O3. The summed E-state index contributed by atoms with van der Waals surface area (Å²) in [6, 6.07) is 7.79. The smallest absolute Gasteiger partial charge is 0.406 e. The highest BCUT2D eigenvalue weighted by molar-refractivity contribution is 6.31. The highest BCUT2D eigenvalue weighted by Crippen LogP contribution is 2.55. The molecule has 3 fully saturated rings. The van der Waals surface area contributed by atoms with Gasteiger partial charge in [-0.15, -0.1) is 13.2 Å². The van der Waals surface area contributed by atoms with E-state index < -0.39 is 23.7 Å². The lowest BCUT2D eigenvalue weighted by atomic mass is 10.1. The molecule has 2 aliphatic heterocycles. The number of amides is 3. The van der Waals surface area contributed by atoms with Crippen LogP contribution in [0.1, 0.15) is 32.6 Å². The quantitative estimate of drug-likeness (QED) is 0.618. The SMILES string of the molecule is CC1CC12C(=O)N(c1ccc(OC(F)(F)F)cc1)C(=O)N2c1ccnc(N2CCCCC2)c1. The van der Waals surface area contributed by atoms with Gasteiger partial charge in [0.25, 0.3) is 5.91 Å². The standard InChI is InChI=1S/C23H23F3N4O3/c1-15-14-22(15)20(31)29(16-5-7-18(8-6-16)33-23(24,25)26)21(32)30(22)17-9-10-27-19(13-17)28-11-3-2-4-12-28/h5-10,13,15H,2-4,11-12,14H2,1H3. The predicted molar refractivity (Wildman–Crippen MR) is 115 cm³/mol. The zero-order chi connectivity index (χ0) is 23.4. The highest BCUT2D eigenvalue weighted by atomic mass is 19.4. The summed E-state index contributed by atoms with van der Waals surface area (Å²) in [7, 11) is 0. The first-order chi connectivity index (χ1) is 15.7. The molecule has 0 radical (unpaired) electrons. The van der Waals surface area contributed by atoms with E-state index in [1.54, 1.807) is 12.3 Å². The summed E-state index contributed by atoms with van der Waals surface area (Å²) in [5.74, 6) is -0.0702. The Hall–Kier alpha value is -3.30. The molecule has 3 amide bonds. The number of urea groups is 1. The van der Waals surface area contributed by atoms with Gasteiger partial charge < -0.3 is 9.64 Å². The van der Waals surface area contributed by atoms with E-state index in [2.05, 4.69) is 14.6 Å². The average Bonchev–Trinajstić information content (AvgIpc) is 3.40. The third-order valence-electron chi connectivity index (χ3n) is 6.62. The largest absolute Gasteiger partial charge is 0.573 e. The minimum absolute atomic E-state index is 0.0432. The molecule has 10 heteroatoms. The van der Waals surface area contributed by atoms with Crippen LogP contribution in [0.4, 0.5) is 35.2 Å². The maximum atomic E-state index is 13.5. The predicted octanol–water partition coefficient (Wildman–Crippen LogP) is 4.72. The van der Waals surface area contributed by atoms with Gasteiger partial charge in [-0.05, 0) is 61.9 Å².